The first kappa shape index (κ1) is 10.5. The molecule has 0 amide bonds. The summed E-state index contributed by atoms with van der Waals surface area (Å²) in [6.45, 7) is 3.93. The fourth-order valence-corrected chi connectivity index (χ4v) is 2.04. The standard InChI is InChI=1S/C10H18O3/c1-7-6-8(11)4-5-10(7,2)9(12)13-3/h7-8,11H,4-6H2,1-3H3. The fraction of sp³-hybridized carbons (Fsp3) is 0.900. The Kier molecular flexibility index (Phi) is 2.96. The molecule has 1 saturated carbocycles. The molecule has 1 fully saturated rings. The van der Waals surface area contributed by atoms with Gasteiger partial charge < -0.3 is 9.84 Å². The largest absolute Gasteiger partial charge is 0.469 e. The van der Waals surface area contributed by atoms with Crippen molar-refractivity contribution in [3.05, 3.63) is 0 Å². The van der Waals surface area contributed by atoms with Crippen molar-refractivity contribution < 1.29 is 14.6 Å². The number of aliphatic hydroxyl groups excluding tert-OH is 1. The molecule has 3 nitrogen and oxygen atoms in total. The average Bonchev–Trinajstić information content (AvgIpc) is 2.11. The number of methoxy groups -OCH3 is 1. The number of ether oxygens (including phenoxy) is 1. The van der Waals surface area contributed by atoms with Gasteiger partial charge in [0, 0.05) is 0 Å². The first-order valence-corrected chi connectivity index (χ1v) is 4.77. The van der Waals surface area contributed by atoms with Crippen LogP contribution in [0.3, 0.4) is 0 Å². The topological polar surface area (TPSA) is 46.5 Å². The van der Waals surface area contributed by atoms with E-state index in [1.807, 2.05) is 13.8 Å². The summed E-state index contributed by atoms with van der Waals surface area (Å²) in [6.07, 6.45) is 1.89. The van der Waals surface area contributed by atoms with Crippen LogP contribution >= 0.6 is 0 Å². The van der Waals surface area contributed by atoms with Crippen LogP contribution in [-0.2, 0) is 9.53 Å². The molecular weight excluding hydrogens is 168 g/mol. The summed E-state index contributed by atoms with van der Waals surface area (Å²) in [4.78, 5) is 11.5. The SMILES string of the molecule is COC(=O)C1(C)CCC(O)CC1C. The van der Waals surface area contributed by atoms with E-state index in [0.29, 0.717) is 12.8 Å². The lowest BCUT2D eigenvalue weighted by Gasteiger charge is -2.38. The van der Waals surface area contributed by atoms with E-state index < -0.39 is 5.41 Å². The van der Waals surface area contributed by atoms with Gasteiger partial charge in [0.05, 0.1) is 18.6 Å². The van der Waals surface area contributed by atoms with Crippen molar-refractivity contribution in [2.45, 2.75) is 39.2 Å². The highest BCUT2D eigenvalue weighted by Gasteiger charge is 2.43. The Bertz CT molecular complexity index is 202. The van der Waals surface area contributed by atoms with Gasteiger partial charge in [-0.3, -0.25) is 4.79 Å². The molecule has 0 spiro atoms. The molecule has 13 heavy (non-hydrogen) atoms. The van der Waals surface area contributed by atoms with Gasteiger partial charge in [-0.2, -0.15) is 0 Å². The van der Waals surface area contributed by atoms with Crippen LogP contribution in [0.2, 0.25) is 0 Å². The molecule has 0 bridgehead atoms. The predicted octanol–water partition coefficient (Wildman–Crippen LogP) is 1.35. The van der Waals surface area contributed by atoms with Gasteiger partial charge in [-0.25, -0.2) is 0 Å². The molecule has 0 aromatic heterocycles. The van der Waals surface area contributed by atoms with Crippen LogP contribution in [0.25, 0.3) is 0 Å². The Hall–Kier alpha value is -0.570. The fourth-order valence-electron chi connectivity index (χ4n) is 2.04. The number of carbonyl (C=O) groups excluding carboxylic acids is 1. The highest BCUT2D eigenvalue weighted by Crippen LogP contribution is 2.41. The van der Waals surface area contributed by atoms with E-state index in [-0.39, 0.29) is 18.0 Å². The van der Waals surface area contributed by atoms with Crippen molar-refractivity contribution in [2.75, 3.05) is 7.11 Å². The van der Waals surface area contributed by atoms with Gasteiger partial charge >= 0.3 is 5.97 Å². The summed E-state index contributed by atoms with van der Waals surface area (Å²) in [5.41, 5.74) is -0.395. The Labute approximate surface area is 79.1 Å². The molecule has 0 heterocycles. The summed E-state index contributed by atoms with van der Waals surface area (Å²) in [6, 6.07) is 0. The van der Waals surface area contributed by atoms with E-state index in [4.69, 9.17) is 4.74 Å². The zero-order valence-corrected chi connectivity index (χ0v) is 8.54. The molecule has 1 rings (SSSR count). The molecule has 0 saturated heterocycles. The molecule has 1 aliphatic carbocycles. The Morgan fingerprint density at radius 3 is 2.69 bits per heavy atom. The van der Waals surface area contributed by atoms with Crippen molar-refractivity contribution in [2.24, 2.45) is 11.3 Å². The van der Waals surface area contributed by atoms with E-state index in [2.05, 4.69) is 0 Å². The van der Waals surface area contributed by atoms with E-state index >= 15 is 0 Å². The highest BCUT2D eigenvalue weighted by molar-refractivity contribution is 5.76. The van der Waals surface area contributed by atoms with E-state index in [9.17, 15) is 9.90 Å². The van der Waals surface area contributed by atoms with Crippen molar-refractivity contribution in [1.82, 2.24) is 0 Å². The normalized spacial score (nSPS) is 40.0. The molecular formula is C10H18O3. The smallest absolute Gasteiger partial charge is 0.311 e. The summed E-state index contributed by atoms with van der Waals surface area (Å²) >= 11 is 0. The highest BCUT2D eigenvalue weighted by atomic mass is 16.5. The van der Waals surface area contributed by atoms with Gasteiger partial charge in [0.15, 0.2) is 0 Å². The maximum atomic E-state index is 11.5. The maximum absolute atomic E-state index is 11.5. The van der Waals surface area contributed by atoms with Gasteiger partial charge in [0.25, 0.3) is 0 Å². The van der Waals surface area contributed by atoms with Gasteiger partial charge in [0.2, 0.25) is 0 Å². The van der Waals surface area contributed by atoms with Crippen LogP contribution < -0.4 is 0 Å². The third kappa shape index (κ3) is 1.85. The predicted molar refractivity (Wildman–Crippen MR) is 49.1 cm³/mol. The lowest BCUT2D eigenvalue weighted by atomic mass is 9.67. The van der Waals surface area contributed by atoms with Crippen molar-refractivity contribution in [3.63, 3.8) is 0 Å². The molecule has 0 aliphatic heterocycles. The molecule has 0 aromatic rings. The minimum atomic E-state index is -0.395. The van der Waals surface area contributed by atoms with Gasteiger partial charge in [-0.05, 0) is 32.1 Å². The van der Waals surface area contributed by atoms with Crippen molar-refractivity contribution >= 4 is 5.97 Å². The number of hydrogen-bond acceptors (Lipinski definition) is 3. The Morgan fingerprint density at radius 2 is 2.23 bits per heavy atom. The van der Waals surface area contributed by atoms with Crippen LogP contribution in [0.15, 0.2) is 0 Å². The number of aliphatic hydroxyl groups is 1. The third-order valence-corrected chi connectivity index (χ3v) is 3.36. The average molecular weight is 186 g/mol. The first-order valence-electron chi connectivity index (χ1n) is 4.77. The number of esters is 1. The lowest BCUT2D eigenvalue weighted by molar-refractivity contribution is -0.158. The Balaban J connectivity index is 2.73. The number of hydrogen-bond donors (Lipinski definition) is 1. The lowest BCUT2D eigenvalue weighted by Crippen LogP contribution is -2.41. The summed E-state index contributed by atoms with van der Waals surface area (Å²) < 4.78 is 4.78. The van der Waals surface area contributed by atoms with Gasteiger partial charge in [0.1, 0.15) is 0 Å². The molecule has 1 N–H and O–H groups in total. The van der Waals surface area contributed by atoms with Crippen LogP contribution in [0.4, 0.5) is 0 Å². The quantitative estimate of drug-likeness (QED) is 0.629. The van der Waals surface area contributed by atoms with E-state index in [1.54, 1.807) is 0 Å². The minimum Gasteiger partial charge on any atom is -0.469 e. The minimum absolute atomic E-state index is 0.146. The molecule has 1 aliphatic rings. The molecule has 3 unspecified atom stereocenters. The molecule has 3 heteroatoms. The number of rotatable bonds is 1. The summed E-state index contributed by atoms with van der Waals surface area (Å²) in [7, 11) is 1.42. The van der Waals surface area contributed by atoms with E-state index in [0.717, 1.165) is 6.42 Å². The van der Waals surface area contributed by atoms with E-state index in [1.165, 1.54) is 7.11 Å². The van der Waals surface area contributed by atoms with Crippen LogP contribution in [0, 0.1) is 11.3 Å². The van der Waals surface area contributed by atoms with Crippen LogP contribution in [0.1, 0.15) is 33.1 Å². The second-order valence-corrected chi connectivity index (χ2v) is 4.24. The second-order valence-electron chi connectivity index (χ2n) is 4.24. The molecule has 0 aromatic carbocycles. The number of carbonyl (C=O) groups is 1. The van der Waals surface area contributed by atoms with Gasteiger partial charge in [-0.15, -0.1) is 0 Å². The van der Waals surface area contributed by atoms with Crippen molar-refractivity contribution in [1.29, 1.82) is 0 Å². The second kappa shape index (κ2) is 3.66. The van der Waals surface area contributed by atoms with Gasteiger partial charge in [-0.1, -0.05) is 6.92 Å². The molecule has 76 valence electrons. The summed E-state index contributed by atoms with van der Waals surface area (Å²) in [5.74, 6) is 0.0515. The first-order chi connectivity index (χ1) is 6.00. The monoisotopic (exact) mass is 186 g/mol. The Morgan fingerprint density at radius 1 is 1.62 bits per heavy atom. The zero-order valence-electron chi connectivity index (χ0n) is 8.54. The summed E-state index contributed by atoms with van der Waals surface area (Å²) in [5, 5.41) is 9.41. The third-order valence-electron chi connectivity index (χ3n) is 3.36. The molecule has 3 atom stereocenters. The van der Waals surface area contributed by atoms with Crippen molar-refractivity contribution in [3.8, 4) is 0 Å². The zero-order chi connectivity index (χ0) is 10.1. The van der Waals surface area contributed by atoms with Crippen LogP contribution in [0.5, 0.6) is 0 Å². The van der Waals surface area contributed by atoms with Crippen LogP contribution in [-0.4, -0.2) is 24.3 Å². The molecule has 0 radical (unpaired) electrons. The maximum Gasteiger partial charge on any atom is 0.311 e.